The van der Waals surface area contributed by atoms with Gasteiger partial charge in [0, 0.05) is 24.3 Å². The van der Waals surface area contributed by atoms with Gasteiger partial charge in [0.25, 0.3) is 0 Å². The van der Waals surface area contributed by atoms with Crippen molar-refractivity contribution in [3.8, 4) is 5.75 Å². The van der Waals surface area contributed by atoms with Crippen molar-refractivity contribution in [1.29, 1.82) is 0 Å². The summed E-state index contributed by atoms with van der Waals surface area (Å²) in [4.78, 5) is 2.50. The third-order valence-corrected chi connectivity index (χ3v) is 4.06. The first-order valence-corrected chi connectivity index (χ1v) is 5.96. The van der Waals surface area contributed by atoms with Gasteiger partial charge in [0.15, 0.2) is 0 Å². The highest BCUT2D eigenvalue weighted by Crippen LogP contribution is 2.47. The van der Waals surface area contributed by atoms with Crippen LogP contribution in [0.15, 0.2) is 24.3 Å². The number of nitrogens with zero attached hydrogens (tertiary/aromatic N) is 1. The Balaban J connectivity index is 1.86. The number of methoxy groups -OCH3 is 1. The molecular formula is C13H18N2O. The van der Waals surface area contributed by atoms with Crippen LogP contribution >= 0.6 is 0 Å². The van der Waals surface area contributed by atoms with Crippen LogP contribution in [0.1, 0.15) is 12.8 Å². The minimum Gasteiger partial charge on any atom is -0.497 e. The van der Waals surface area contributed by atoms with E-state index in [1.54, 1.807) is 7.11 Å². The topological polar surface area (TPSA) is 38.5 Å². The van der Waals surface area contributed by atoms with Gasteiger partial charge in [0.05, 0.1) is 7.11 Å². The van der Waals surface area contributed by atoms with Gasteiger partial charge >= 0.3 is 0 Å². The lowest BCUT2D eigenvalue weighted by atomic mass is 9.83. The molecule has 4 rings (SSSR count). The zero-order valence-electron chi connectivity index (χ0n) is 9.60. The lowest BCUT2D eigenvalue weighted by molar-refractivity contribution is 0.354. The average Bonchev–Trinajstić information content (AvgIpc) is 2.82. The zero-order valence-corrected chi connectivity index (χ0v) is 9.60. The van der Waals surface area contributed by atoms with Crippen LogP contribution in [0, 0.1) is 5.92 Å². The van der Waals surface area contributed by atoms with Crippen LogP contribution in [-0.2, 0) is 0 Å². The molecule has 3 nitrogen and oxygen atoms in total. The Hall–Kier alpha value is -1.22. The monoisotopic (exact) mass is 218 g/mol. The van der Waals surface area contributed by atoms with Crippen molar-refractivity contribution in [2.75, 3.05) is 18.6 Å². The summed E-state index contributed by atoms with van der Waals surface area (Å²) in [5, 5.41) is 0. The van der Waals surface area contributed by atoms with Crippen molar-refractivity contribution >= 4 is 5.69 Å². The second kappa shape index (κ2) is 3.67. The predicted octanol–water partition coefficient (Wildman–Crippen LogP) is 1.62. The van der Waals surface area contributed by atoms with Gasteiger partial charge in [0.2, 0.25) is 0 Å². The Labute approximate surface area is 96.2 Å². The van der Waals surface area contributed by atoms with Crippen molar-refractivity contribution in [1.82, 2.24) is 0 Å². The Bertz CT molecular complexity index is 370. The van der Waals surface area contributed by atoms with Crippen molar-refractivity contribution in [3.05, 3.63) is 24.3 Å². The first kappa shape index (κ1) is 9.97. The molecule has 16 heavy (non-hydrogen) atoms. The Morgan fingerprint density at radius 2 is 2.00 bits per heavy atom. The van der Waals surface area contributed by atoms with E-state index in [0.29, 0.717) is 6.04 Å². The van der Waals surface area contributed by atoms with Crippen LogP contribution in [0.4, 0.5) is 5.69 Å². The highest BCUT2D eigenvalue weighted by atomic mass is 16.5. The molecule has 2 bridgehead atoms. The molecule has 2 N–H and O–H groups in total. The molecule has 2 aliphatic heterocycles. The van der Waals surface area contributed by atoms with Crippen LogP contribution in [0.3, 0.4) is 0 Å². The molecule has 3 fully saturated rings. The predicted molar refractivity (Wildman–Crippen MR) is 64.8 cm³/mol. The number of benzene rings is 1. The second-order valence-corrected chi connectivity index (χ2v) is 4.79. The van der Waals surface area contributed by atoms with Gasteiger partial charge in [-0.25, -0.2) is 0 Å². The second-order valence-electron chi connectivity index (χ2n) is 4.79. The molecule has 1 atom stereocenters. The lowest BCUT2D eigenvalue weighted by Crippen LogP contribution is -2.36. The van der Waals surface area contributed by atoms with E-state index in [9.17, 15) is 0 Å². The number of rotatable bonds is 3. The first-order valence-electron chi connectivity index (χ1n) is 5.96. The molecule has 1 saturated carbocycles. The highest BCUT2D eigenvalue weighted by molar-refractivity contribution is 5.54. The first-order chi connectivity index (χ1) is 7.83. The van der Waals surface area contributed by atoms with Crippen molar-refractivity contribution in [2.24, 2.45) is 11.7 Å². The van der Waals surface area contributed by atoms with E-state index in [4.69, 9.17) is 10.5 Å². The van der Waals surface area contributed by atoms with E-state index in [1.807, 2.05) is 12.1 Å². The molecule has 86 valence electrons. The average molecular weight is 218 g/mol. The van der Waals surface area contributed by atoms with E-state index in [2.05, 4.69) is 17.0 Å². The number of ether oxygens (including phenoxy) is 1. The molecule has 2 saturated heterocycles. The summed E-state index contributed by atoms with van der Waals surface area (Å²) >= 11 is 0. The van der Waals surface area contributed by atoms with Gasteiger partial charge in [-0.15, -0.1) is 0 Å². The van der Waals surface area contributed by atoms with Crippen molar-refractivity contribution in [2.45, 2.75) is 24.9 Å². The minimum atomic E-state index is 0.554. The van der Waals surface area contributed by atoms with Gasteiger partial charge in [-0.1, -0.05) is 0 Å². The Kier molecular flexibility index (Phi) is 2.28. The van der Waals surface area contributed by atoms with Crippen LogP contribution in [-0.4, -0.2) is 25.7 Å². The number of anilines is 1. The fourth-order valence-corrected chi connectivity index (χ4v) is 3.13. The summed E-state index contributed by atoms with van der Waals surface area (Å²) in [7, 11) is 1.70. The van der Waals surface area contributed by atoms with E-state index in [1.165, 1.54) is 18.5 Å². The molecule has 0 amide bonds. The number of nitrogens with two attached hydrogens (primary N) is 1. The molecule has 3 aliphatic rings. The Morgan fingerprint density at radius 1 is 1.31 bits per heavy atom. The molecule has 1 aromatic carbocycles. The quantitative estimate of drug-likeness (QED) is 0.838. The third kappa shape index (κ3) is 1.31. The molecule has 2 heterocycles. The summed E-state index contributed by atoms with van der Waals surface area (Å²) in [6, 6.07) is 9.62. The van der Waals surface area contributed by atoms with Gasteiger partial charge in [0.1, 0.15) is 5.75 Å². The van der Waals surface area contributed by atoms with Crippen LogP contribution in [0.5, 0.6) is 5.75 Å². The van der Waals surface area contributed by atoms with Gasteiger partial charge < -0.3 is 15.4 Å². The molecular weight excluding hydrogens is 200 g/mol. The summed E-state index contributed by atoms with van der Waals surface area (Å²) in [5.41, 5.74) is 7.16. The molecule has 0 radical (unpaired) electrons. The number of hydrogen-bond donors (Lipinski definition) is 1. The maximum Gasteiger partial charge on any atom is 0.119 e. The van der Waals surface area contributed by atoms with Crippen LogP contribution in [0.25, 0.3) is 0 Å². The SMILES string of the molecule is COc1ccc(N2C3CC(C3)C2CN)cc1. The van der Waals surface area contributed by atoms with E-state index < -0.39 is 0 Å². The standard InChI is InChI=1S/C13H18N2O/c1-16-12-4-2-10(3-5-12)15-11-6-9(7-11)13(15)8-14/h2-5,9,11,13H,6-8,14H2,1H3. The van der Waals surface area contributed by atoms with Gasteiger partial charge in [-0.3, -0.25) is 0 Å². The fraction of sp³-hybridized carbons (Fsp3) is 0.538. The van der Waals surface area contributed by atoms with Gasteiger partial charge in [-0.2, -0.15) is 0 Å². The molecule has 1 aromatic rings. The largest absolute Gasteiger partial charge is 0.497 e. The summed E-state index contributed by atoms with van der Waals surface area (Å²) in [6.07, 6.45) is 2.65. The molecule has 1 unspecified atom stereocenters. The molecule has 3 heteroatoms. The fourth-order valence-electron chi connectivity index (χ4n) is 3.13. The van der Waals surface area contributed by atoms with Crippen LogP contribution < -0.4 is 15.4 Å². The highest BCUT2D eigenvalue weighted by Gasteiger charge is 2.49. The van der Waals surface area contributed by atoms with Crippen LogP contribution in [0.2, 0.25) is 0 Å². The summed E-state index contributed by atoms with van der Waals surface area (Å²) in [6.45, 7) is 0.771. The minimum absolute atomic E-state index is 0.554. The van der Waals surface area contributed by atoms with Crippen molar-refractivity contribution in [3.63, 3.8) is 0 Å². The lowest BCUT2D eigenvalue weighted by Gasteiger charge is -2.28. The van der Waals surface area contributed by atoms with Gasteiger partial charge in [-0.05, 0) is 43.0 Å². The maximum absolute atomic E-state index is 5.87. The van der Waals surface area contributed by atoms with E-state index >= 15 is 0 Å². The number of hydrogen-bond acceptors (Lipinski definition) is 3. The summed E-state index contributed by atoms with van der Waals surface area (Å²) < 4.78 is 5.18. The normalized spacial score (nSPS) is 31.4. The smallest absolute Gasteiger partial charge is 0.119 e. The summed E-state index contributed by atoms with van der Waals surface area (Å²) in [5.74, 6) is 1.75. The molecule has 0 spiro atoms. The van der Waals surface area contributed by atoms with E-state index in [-0.39, 0.29) is 0 Å². The third-order valence-electron chi connectivity index (χ3n) is 4.06. The van der Waals surface area contributed by atoms with Crippen molar-refractivity contribution < 1.29 is 4.74 Å². The molecule has 0 aromatic heterocycles. The maximum atomic E-state index is 5.87. The Morgan fingerprint density at radius 3 is 2.56 bits per heavy atom. The van der Waals surface area contributed by atoms with E-state index in [0.717, 1.165) is 24.3 Å². The number of fused-ring (bicyclic) bond motifs is 1. The molecule has 1 aliphatic carbocycles. The zero-order chi connectivity index (χ0) is 11.1.